The van der Waals surface area contributed by atoms with E-state index in [0.717, 1.165) is 13.1 Å². The molecule has 1 heterocycles. The van der Waals surface area contributed by atoms with Crippen molar-refractivity contribution < 1.29 is 0 Å². The lowest BCUT2D eigenvalue weighted by Crippen LogP contribution is -2.10. The highest BCUT2D eigenvalue weighted by Crippen LogP contribution is 2.04. The first kappa shape index (κ1) is 5.50. The molecule has 0 aromatic carbocycles. The summed E-state index contributed by atoms with van der Waals surface area (Å²) in [6.07, 6.45) is 2.60. The number of hydrogen-bond acceptors (Lipinski definition) is 1. The molecule has 1 nitrogen and oxygen atoms in total. The predicted molar refractivity (Wildman–Crippen MR) is 33.9 cm³/mol. The van der Waals surface area contributed by atoms with Gasteiger partial charge in [-0.2, -0.15) is 0 Å². The third-order valence-electron chi connectivity index (χ3n) is 1.34. The zero-order valence-electron chi connectivity index (χ0n) is 4.98. The molecule has 0 unspecified atom stereocenters. The lowest BCUT2D eigenvalue weighted by Gasteiger charge is -2.04. The van der Waals surface area contributed by atoms with Gasteiger partial charge in [0.15, 0.2) is 0 Å². The minimum Gasteiger partial charge on any atom is -0.333 e. The predicted octanol–water partition coefficient (Wildman–Crippen LogP) is 0.877. The minimum absolute atomic E-state index is 1.14. The van der Waals surface area contributed by atoms with Crippen LogP contribution < -0.4 is 0 Å². The fraction of sp³-hybridized carbons (Fsp3) is 0.571. The van der Waals surface area contributed by atoms with Gasteiger partial charge in [-0.15, -0.1) is 0 Å². The topological polar surface area (TPSA) is 3.24 Å². The van der Waals surface area contributed by atoms with E-state index in [1.54, 1.807) is 0 Å². The summed E-state index contributed by atoms with van der Waals surface area (Å²) < 4.78 is 0. The van der Waals surface area contributed by atoms with Crippen molar-refractivity contribution in [1.29, 1.82) is 0 Å². The first-order chi connectivity index (χ1) is 3.93. The van der Waals surface area contributed by atoms with Crippen molar-refractivity contribution in [3.05, 3.63) is 6.92 Å². The molecule has 0 bridgehead atoms. The number of likely N-dealkylation sites (tertiary alicyclic amines) is 1. The second-order valence-corrected chi connectivity index (χ2v) is 1.98. The molecule has 0 saturated carbocycles. The van der Waals surface area contributed by atoms with Crippen LogP contribution in [0.1, 0.15) is 12.8 Å². The van der Waals surface area contributed by atoms with Crippen LogP contribution in [-0.4, -0.2) is 18.0 Å². The van der Waals surface area contributed by atoms with Gasteiger partial charge in [-0.05, 0) is 12.8 Å². The van der Waals surface area contributed by atoms with Crippen LogP contribution in [0.25, 0.3) is 0 Å². The van der Waals surface area contributed by atoms with Crippen molar-refractivity contribution in [2.45, 2.75) is 12.8 Å². The van der Waals surface area contributed by atoms with Crippen LogP contribution in [-0.2, 0) is 0 Å². The zero-order valence-corrected chi connectivity index (χ0v) is 4.98. The average Bonchev–Trinajstić information content (AvgIpc) is 2.19. The minimum atomic E-state index is 1.14. The molecule has 43 valence electrons. The molecule has 0 aliphatic carbocycles. The maximum Gasteiger partial charge on any atom is 0.0261 e. The Kier molecular flexibility index (Phi) is 1.80. The Labute approximate surface area is 50.7 Å². The van der Waals surface area contributed by atoms with Crippen LogP contribution in [0.5, 0.6) is 0 Å². The van der Waals surface area contributed by atoms with Crippen LogP contribution in [0.3, 0.4) is 0 Å². The molecule has 0 aromatic rings. The monoisotopic (exact) mass is 108 g/mol. The van der Waals surface area contributed by atoms with Crippen molar-refractivity contribution in [3.8, 4) is 12.0 Å². The molecule has 1 aliphatic rings. The number of nitrogens with zero attached hydrogens (tertiary/aromatic N) is 1. The van der Waals surface area contributed by atoms with Gasteiger partial charge in [0, 0.05) is 26.1 Å². The molecule has 1 radical (unpaired) electrons. The Balaban J connectivity index is 2.32. The van der Waals surface area contributed by atoms with E-state index in [2.05, 4.69) is 23.8 Å². The summed E-state index contributed by atoms with van der Waals surface area (Å²) in [4.78, 5) is 2.12. The highest BCUT2D eigenvalue weighted by Gasteiger charge is 2.05. The maximum atomic E-state index is 3.45. The van der Waals surface area contributed by atoms with Crippen molar-refractivity contribution in [2.24, 2.45) is 0 Å². The van der Waals surface area contributed by atoms with Gasteiger partial charge in [0.25, 0.3) is 0 Å². The van der Waals surface area contributed by atoms with E-state index in [4.69, 9.17) is 0 Å². The van der Waals surface area contributed by atoms with E-state index >= 15 is 0 Å². The Morgan fingerprint density at radius 2 is 1.88 bits per heavy atom. The van der Waals surface area contributed by atoms with Gasteiger partial charge >= 0.3 is 0 Å². The van der Waals surface area contributed by atoms with Gasteiger partial charge in [-0.3, -0.25) is 0 Å². The third-order valence-corrected chi connectivity index (χ3v) is 1.34. The standard InChI is InChI=1S/C7H10N/c1-2-5-8-6-3-4-7-8/h1,3-4,6-7H2. The Hall–Kier alpha value is -0.640. The molecular formula is C7H10N. The van der Waals surface area contributed by atoms with Crippen molar-refractivity contribution in [2.75, 3.05) is 13.1 Å². The first-order valence-electron chi connectivity index (χ1n) is 2.96. The van der Waals surface area contributed by atoms with Crippen LogP contribution in [0.4, 0.5) is 0 Å². The van der Waals surface area contributed by atoms with Gasteiger partial charge in [0.05, 0.1) is 0 Å². The van der Waals surface area contributed by atoms with Gasteiger partial charge in [0.2, 0.25) is 0 Å². The lowest BCUT2D eigenvalue weighted by atomic mass is 10.4. The van der Waals surface area contributed by atoms with Gasteiger partial charge < -0.3 is 4.90 Å². The summed E-state index contributed by atoms with van der Waals surface area (Å²) in [5.74, 6) is 2.64. The van der Waals surface area contributed by atoms with E-state index in [9.17, 15) is 0 Å². The maximum absolute atomic E-state index is 3.45. The van der Waals surface area contributed by atoms with Crippen LogP contribution >= 0.6 is 0 Å². The Bertz CT molecular complexity index is 112. The summed E-state index contributed by atoms with van der Waals surface area (Å²) >= 11 is 0. The molecule has 0 spiro atoms. The van der Waals surface area contributed by atoms with Crippen LogP contribution in [0, 0.1) is 18.9 Å². The fourth-order valence-electron chi connectivity index (χ4n) is 0.941. The molecule has 0 aromatic heterocycles. The first-order valence-corrected chi connectivity index (χ1v) is 2.96. The van der Waals surface area contributed by atoms with E-state index in [1.165, 1.54) is 12.8 Å². The summed E-state index contributed by atoms with van der Waals surface area (Å²) in [5, 5.41) is 0. The Morgan fingerprint density at radius 1 is 1.25 bits per heavy atom. The molecular weight excluding hydrogens is 98.1 g/mol. The molecule has 1 rings (SSSR count). The summed E-state index contributed by atoms with van der Waals surface area (Å²) in [6.45, 7) is 5.73. The van der Waals surface area contributed by atoms with Crippen molar-refractivity contribution in [3.63, 3.8) is 0 Å². The molecule has 1 heteroatoms. The quantitative estimate of drug-likeness (QED) is 0.416. The zero-order chi connectivity index (χ0) is 5.82. The average molecular weight is 108 g/mol. The number of hydrogen-bond donors (Lipinski definition) is 0. The van der Waals surface area contributed by atoms with E-state index in [1.807, 2.05) is 0 Å². The van der Waals surface area contributed by atoms with Gasteiger partial charge in [0.1, 0.15) is 0 Å². The summed E-state index contributed by atoms with van der Waals surface area (Å²) in [7, 11) is 0. The molecule has 1 aliphatic heterocycles. The highest BCUT2D eigenvalue weighted by atomic mass is 15.1. The third kappa shape index (κ3) is 1.16. The molecule has 8 heavy (non-hydrogen) atoms. The Morgan fingerprint density at radius 3 is 2.38 bits per heavy atom. The lowest BCUT2D eigenvalue weighted by molar-refractivity contribution is 0.496. The molecule has 1 saturated heterocycles. The summed E-state index contributed by atoms with van der Waals surface area (Å²) in [6, 6.07) is 2.92. The van der Waals surface area contributed by atoms with Crippen molar-refractivity contribution in [1.82, 2.24) is 4.90 Å². The molecule has 0 amide bonds. The highest BCUT2D eigenvalue weighted by molar-refractivity contribution is 5.01. The van der Waals surface area contributed by atoms with Crippen LogP contribution in [0.15, 0.2) is 0 Å². The SMILES string of the molecule is [CH2]C#CN1CCCC1. The molecule has 0 atom stereocenters. The van der Waals surface area contributed by atoms with Gasteiger partial charge in [-0.25, -0.2) is 0 Å². The molecule has 0 N–H and O–H groups in total. The van der Waals surface area contributed by atoms with Crippen molar-refractivity contribution >= 4 is 0 Å². The van der Waals surface area contributed by atoms with E-state index in [0.29, 0.717) is 0 Å². The van der Waals surface area contributed by atoms with E-state index < -0.39 is 0 Å². The smallest absolute Gasteiger partial charge is 0.0261 e. The summed E-state index contributed by atoms with van der Waals surface area (Å²) in [5.41, 5.74) is 0. The second kappa shape index (κ2) is 2.61. The molecule has 1 fully saturated rings. The second-order valence-electron chi connectivity index (χ2n) is 1.98. The van der Waals surface area contributed by atoms with Crippen LogP contribution in [0.2, 0.25) is 0 Å². The normalized spacial score (nSPS) is 17.9. The van der Waals surface area contributed by atoms with E-state index in [-0.39, 0.29) is 0 Å². The van der Waals surface area contributed by atoms with Gasteiger partial charge in [-0.1, -0.05) is 5.92 Å². The largest absolute Gasteiger partial charge is 0.333 e. The fourth-order valence-corrected chi connectivity index (χ4v) is 0.941. The number of rotatable bonds is 0.